The first-order valence-electron chi connectivity index (χ1n) is 6.27. The maximum Gasteiger partial charge on any atom is 0.0415 e. The predicted molar refractivity (Wildman–Crippen MR) is 69.8 cm³/mol. The van der Waals surface area contributed by atoms with Crippen LogP contribution in [0.5, 0.6) is 0 Å². The normalized spacial score (nSPS) is 20.0. The smallest absolute Gasteiger partial charge is 0.0415 e. The third kappa shape index (κ3) is 2.22. The van der Waals surface area contributed by atoms with Gasteiger partial charge in [0.1, 0.15) is 0 Å². The Morgan fingerprint density at radius 1 is 1.38 bits per heavy atom. The fraction of sp³-hybridized carbons (Fsp3) is 0.571. The first-order valence-corrected chi connectivity index (χ1v) is 6.27. The second-order valence-corrected chi connectivity index (χ2v) is 5.10. The van der Waals surface area contributed by atoms with Crippen molar-refractivity contribution in [1.82, 2.24) is 0 Å². The number of hydrogen-bond acceptors (Lipinski definition) is 2. The zero-order valence-electron chi connectivity index (χ0n) is 10.3. The molecule has 0 aromatic heterocycles. The Bertz CT molecular complexity index is 346. The van der Waals surface area contributed by atoms with Gasteiger partial charge in [0.25, 0.3) is 0 Å². The summed E-state index contributed by atoms with van der Waals surface area (Å²) in [4.78, 5) is 2.50. The number of rotatable bonds is 3. The third-order valence-corrected chi connectivity index (χ3v) is 3.32. The number of para-hydroxylation sites is 1. The van der Waals surface area contributed by atoms with E-state index >= 15 is 0 Å². The van der Waals surface area contributed by atoms with Crippen molar-refractivity contribution in [3.05, 3.63) is 29.8 Å². The van der Waals surface area contributed by atoms with Crippen molar-refractivity contribution < 1.29 is 0 Å². The molecule has 1 aliphatic rings. The molecule has 0 saturated carbocycles. The quantitative estimate of drug-likeness (QED) is 0.844. The Hall–Kier alpha value is -1.02. The van der Waals surface area contributed by atoms with Crippen LogP contribution in [0.25, 0.3) is 0 Å². The van der Waals surface area contributed by atoms with Crippen LogP contribution >= 0.6 is 0 Å². The van der Waals surface area contributed by atoms with Crippen molar-refractivity contribution in [2.24, 2.45) is 11.7 Å². The van der Waals surface area contributed by atoms with Crippen LogP contribution in [-0.2, 0) is 6.42 Å². The molecule has 0 saturated heterocycles. The maximum absolute atomic E-state index is 5.88. The second-order valence-electron chi connectivity index (χ2n) is 5.10. The molecule has 0 spiro atoms. The number of hydrogen-bond donors (Lipinski definition) is 1. The number of aryl methyl sites for hydroxylation is 1. The molecule has 1 aromatic rings. The van der Waals surface area contributed by atoms with Gasteiger partial charge in [-0.25, -0.2) is 0 Å². The van der Waals surface area contributed by atoms with E-state index in [1.165, 1.54) is 24.1 Å². The molecular formula is C14H22N2. The highest BCUT2D eigenvalue weighted by Gasteiger charge is 2.24. The summed E-state index contributed by atoms with van der Waals surface area (Å²) in [6.45, 7) is 6.41. The summed E-state index contributed by atoms with van der Waals surface area (Å²) < 4.78 is 0. The maximum atomic E-state index is 5.88. The molecule has 1 atom stereocenters. The lowest BCUT2D eigenvalue weighted by molar-refractivity contribution is 0.492. The average molecular weight is 218 g/mol. The molecule has 0 radical (unpaired) electrons. The van der Waals surface area contributed by atoms with E-state index in [0.717, 1.165) is 13.1 Å². The number of anilines is 1. The lowest BCUT2D eigenvalue weighted by Gasteiger charge is -2.39. The van der Waals surface area contributed by atoms with Gasteiger partial charge in [-0.05, 0) is 30.4 Å². The first-order chi connectivity index (χ1) is 7.72. The highest BCUT2D eigenvalue weighted by Crippen LogP contribution is 2.30. The van der Waals surface area contributed by atoms with Crippen LogP contribution in [0.1, 0.15) is 25.8 Å². The molecular weight excluding hydrogens is 196 g/mol. The van der Waals surface area contributed by atoms with E-state index in [9.17, 15) is 0 Å². The fourth-order valence-electron chi connectivity index (χ4n) is 2.56. The van der Waals surface area contributed by atoms with Crippen LogP contribution < -0.4 is 10.6 Å². The highest BCUT2D eigenvalue weighted by molar-refractivity contribution is 5.56. The topological polar surface area (TPSA) is 29.3 Å². The summed E-state index contributed by atoms with van der Waals surface area (Å²) in [5.41, 5.74) is 8.77. The third-order valence-electron chi connectivity index (χ3n) is 3.32. The SMILES string of the molecule is CC(C)CN1c2ccccc2CCC1CN. The summed E-state index contributed by atoms with van der Waals surface area (Å²) in [5, 5.41) is 0. The van der Waals surface area contributed by atoms with Crippen LogP contribution in [0, 0.1) is 5.92 Å². The van der Waals surface area contributed by atoms with Gasteiger partial charge >= 0.3 is 0 Å². The van der Waals surface area contributed by atoms with Crippen molar-refractivity contribution in [3.63, 3.8) is 0 Å². The fourth-order valence-corrected chi connectivity index (χ4v) is 2.56. The van der Waals surface area contributed by atoms with Crippen LogP contribution in [0.3, 0.4) is 0 Å². The minimum atomic E-state index is 0.525. The molecule has 2 N–H and O–H groups in total. The molecule has 0 aliphatic carbocycles. The Morgan fingerprint density at radius 2 is 2.12 bits per heavy atom. The summed E-state index contributed by atoms with van der Waals surface area (Å²) in [6, 6.07) is 9.27. The molecule has 2 heteroatoms. The molecule has 1 heterocycles. The van der Waals surface area contributed by atoms with E-state index in [2.05, 4.69) is 43.0 Å². The van der Waals surface area contributed by atoms with E-state index in [1.807, 2.05) is 0 Å². The molecule has 16 heavy (non-hydrogen) atoms. The Labute approximate surface area is 98.4 Å². The predicted octanol–water partition coefficient (Wildman–Crippen LogP) is 2.42. The first kappa shape index (κ1) is 11.5. The summed E-state index contributed by atoms with van der Waals surface area (Å²) in [7, 11) is 0. The summed E-state index contributed by atoms with van der Waals surface area (Å²) in [5.74, 6) is 0.681. The molecule has 0 fully saturated rings. The number of fused-ring (bicyclic) bond motifs is 1. The van der Waals surface area contributed by atoms with E-state index in [0.29, 0.717) is 12.0 Å². The van der Waals surface area contributed by atoms with Gasteiger partial charge < -0.3 is 10.6 Å². The van der Waals surface area contributed by atoms with Crippen molar-refractivity contribution >= 4 is 5.69 Å². The van der Waals surface area contributed by atoms with Gasteiger partial charge in [0.05, 0.1) is 0 Å². The molecule has 0 amide bonds. The van der Waals surface area contributed by atoms with E-state index in [1.54, 1.807) is 0 Å². The summed E-state index contributed by atoms with van der Waals surface area (Å²) in [6.07, 6.45) is 2.37. The monoisotopic (exact) mass is 218 g/mol. The van der Waals surface area contributed by atoms with Gasteiger partial charge in [-0.2, -0.15) is 0 Å². The van der Waals surface area contributed by atoms with Gasteiger partial charge in [0, 0.05) is 24.8 Å². The van der Waals surface area contributed by atoms with Crippen LogP contribution in [0.4, 0.5) is 5.69 Å². The van der Waals surface area contributed by atoms with Crippen molar-refractivity contribution in [1.29, 1.82) is 0 Å². The van der Waals surface area contributed by atoms with Crippen LogP contribution in [-0.4, -0.2) is 19.1 Å². The minimum absolute atomic E-state index is 0.525. The van der Waals surface area contributed by atoms with Gasteiger partial charge in [0.15, 0.2) is 0 Å². The van der Waals surface area contributed by atoms with Crippen molar-refractivity contribution in [2.45, 2.75) is 32.7 Å². The second kappa shape index (κ2) is 4.88. The lowest BCUT2D eigenvalue weighted by atomic mass is 9.95. The molecule has 2 rings (SSSR count). The Kier molecular flexibility index (Phi) is 3.49. The van der Waals surface area contributed by atoms with Crippen LogP contribution in [0.15, 0.2) is 24.3 Å². The molecule has 1 aromatic carbocycles. The molecule has 1 aliphatic heterocycles. The van der Waals surface area contributed by atoms with E-state index in [4.69, 9.17) is 5.73 Å². The van der Waals surface area contributed by atoms with Crippen molar-refractivity contribution in [2.75, 3.05) is 18.0 Å². The number of nitrogens with two attached hydrogens (primary N) is 1. The van der Waals surface area contributed by atoms with Gasteiger partial charge in [-0.1, -0.05) is 32.0 Å². The van der Waals surface area contributed by atoms with Gasteiger partial charge in [0.2, 0.25) is 0 Å². The zero-order chi connectivity index (χ0) is 11.5. The zero-order valence-corrected chi connectivity index (χ0v) is 10.3. The Morgan fingerprint density at radius 3 is 2.81 bits per heavy atom. The van der Waals surface area contributed by atoms with Crippen LogP contribution in [0.2, 0.25) is 0 Å². The highest BCUT2D eigenvalue weighted by atomic mass is 15.2. The Balaban J connectivity index is 2.29. The molecule has 88 valence electrons. The molecule has 1 unspecified atom stereocenters. The average Bonchev–Trinajstić information content (AvgIpc) is 2.29. The molecule has 2 nitrogen and oxygen atoms in total. The van der Waals surface area contributed by atoms with E-state index in [-0.39, 0.29) is 0 Å². The number of nitrogens with zero attached hydrogens (tertiary/aromatic N) is 1. The van der Waals surface area contributed by atoms with Gasteiger partial charge in [-0.3, -0.25) is 0 Å². The minimum Gasteiger partial charge on any atom is -0.367 e. The largest absolute Gasteiger partial charge is 0.367 e. The lowest BCUT2D eigenvalue weighted by Crippen LogP contribution is -2.45. The standard InChI is InChI=1S/C14H22N2/c1-11(2)10-16-13(9-15)8-7-12-5-3-4-6-14(12)16/h3-6,11,13H,7-10,15H2,1-2H3. The number of benzene rings is 1. The van der Waals surface area contributed by atoms with E-state index < -0.39 is 0 Å². The molecule has 0 bridgehead atoms. The van der Waals surface area contributed by atoms with Gasteiger partial charge in [-0.15, -0.1) is 0 Å². The van der Waals surface area contributed by atoms with Crippen molar-refractivity contribution in [3.8, 4) is 0 Å². The summed E-state index contributed by atoms with van der Waals surface area (Å²) >= 11 is 0.